The van der Waals surface area contributed by atoms with E-state index >= 15 is 0 Å². The molecule has 2 aromatic rings. The molecule has 6 nitrogen and oxygen atoms in total. The molecule has 0 spiro atoms. The van der Waals surface area contributed by atoms with E-state index in [4.69, 9.17) is 0 Å². The minimum Gasteiger partial charge on any atom is -0.353 e. The van der Waals surface area contributed by atoms with Gasteiger partial charge in [0.1, 0.15) is 5.82 Å². The zero-order valence-corrected chi connectivity index (χ0v) is 16.9. The number of carbonyl (C=O) groups excluding carboxylic acids is 2. The molecule has 166 valence electrons. The van der Waals surface area contributed by atoms with Crippen LogP contribution < -0.4 is 10.2 Å². The summed E-state index contributed by atoms with van der Waals surface area (Å²) in [6.45, 7) is 3.61. The molecule has 0 radical (unpaired) electrons. The second-order valence-corrected chi connectivity index (χ2v) is 7.14. The van der Waals surface area contributed by atoms with E-state index in [2.05, 4.69) is 10.3 Å². The molecule has 0 unspecified atom stereocenters. The van der Waals surface area contributed by atoms with E-state index in [-0.39, 0.29) is 19.0 Å². The van der Waals surface area contributed by atoms with E-state index in [9.17, 15) is 27.2 Å². The fraction of sp³-hybridized carbons (Fsp3) is 0.381. The van der Waals surface area contributed by atoms with Crippen molar-refractivity contribution < 1.29 is 27.2 Å². The van der Waals surface area contributed by atoms with Gasteiger partial charge >= 0.3 is 0 Å². The van der Waals surface area contributed by atoms with Gasteiger partial charge in [0.15, 0.2) is 23.3 Å². The second-order valence-electron chi connectivity index (χ2n) is 7.14. The van der Waals surface area contributed by atoms with Crippen LogP contribution >= 0.6 is 0 Å². The van der Waals surface area contributed by atoms with Crippen LogP contribution in [0.1, 0.15) is 40.5 Å². The molecule has 1 N–H and O–H groups in total. The topological polar surface area (TPSA) is 65.5 Å². The molecule has 1 aliphatic rings. The van der Waals surface area contributed by atoms with Gasteiger partial charge in [-0.3, -0.25) is 9.59 Å². The number of pyridine rings is 1. The summed E-state index contributed by atoms with van der Waals surface area (Å²) in [5.74, 6) is -7.81. The van der Waals surface area contributed by atoms with E-state index in [1.165, 1.54) is 11.1 Å². The Kier molecular flexibility index (Phi) is 7.09. The van der Waals surface area contributed by atoms with Crippen LogP contribution in [0.25, 0.3) is 0 Å². The van der Waals surface area contributed by atoms with Gasteiger partial charge in [0.25, 0.3) is 11.8 Å². The van der Waals surface area contributed by atoms with Crippen LogP contribution in [0.2, 0.25) is 0 Å². The van der Waals surface area contributed by atoms with Gasteiger partial charge in [0.2, 0.25) is 0 Å². The Balaban J connectivity index is 1.61. The number of halogens is 4. The first kappa shape index (κ1) is 22.5. The average molecular weight is 438 g/mol. The van der Waals surface area contributed by atoms with Crippen molar-refractivity contribution in [1.82, 2.24) is 15.2 Å². The Morgan fingerprint density at radius 2 is 1.74 bits per heavy atom. The van der Waals surface area contributed by atoms with E-state index in [0.29, 0.717) is 37.1 Å². The smallest absolute Gasteiger partial charge is 0.257 e. The van der Waals surface area contributed by atoms with Crippen LogP contribution in [0.4, 0.5) is 23.4 Å². The lowest BCUT2D eigenvalue weighted by Gasteiger charge is -2.35. The van der Waals surface area contributed by atoms with Gasteiger partial charge in [-0.25, -0.2) is 22.5 Å². The van der Waals surface area contributed by atoms with Gasteiger partial charge in [-0.2, -0.15) is 0 Å². The van der Waals surface area contributed by atoms with Gasteiger partial charge in [0.05, 0.1) is 11.1 Å². The lowest BCUT2D eigenvalue weighted by Crippen LogP contribution is -2.49. The number of aromatic nitrogens is 1. The van der Waals surface area contributed by atoms with Crippen molar-refractivity contribution in [1.29, 1.82) is 0 Å². The fourth-order valence-electron chi connectivity index (χ4n) is 3.23. The summed E-state index contributed by atoms with van der Waals surface area (Å²) in [6, 6.07) is 3.71. The Labute approximate surface area is 176 Å². The second kappa shape index (κ2) is 9.76. The lowest BCUT2D eigenvalue weighted by atomic mass is 10.1. The standard InChI is InChI=1S/C21H22F4N4O2/c1-2-3-6-26-20(30)13-4-5-16(27-12-13)28-7-9-29(10-8-28)21(31)14-11-15(22)18(24)19(25)17(14)23/h4-5,11-12H,2-3,6-10H2,1H3,(H,26,30). The zero-order chi connectivity index (χ0) is 22.5. The van der Waals surface area contributed by atoms with Crippen LogP contribution in [0, 0.1) is 23.3 Å². The van der Waals surface area contributed by atoms with Crippen molar-refractivity contribution in [2.45, 2.75) is 19.8 Å². The summed E-state index contributed by atoms with van der Waals surface area (Å²) in [5, 5.41) is 2.80. The Morgan fingerprint density at radius 3 is 2.35 bits per heavy atom. The molecule has 0 aliphatic carbocycles. The van der Waals surface area contributed by atoms with Crippen molar-refractivity contribution in [3.8, 4) is 0 Å². The Hall–Kier alpha value is -3.17. The SMILES string of the molecule is CCCCNC(=O)c1ccc(N2CCN(C(=O)c3cc(F)c(F)c(F)c3F)CC2)nc1. The molecule has 10 heteroatoms. The molecule has 2 heterocycles. The minimum absolute atomic E-state index is 0.153. The summed E-state index contributed by atoms with van der Waals surface area (Å²) in [4.78, 5) is 31.9. The summed E-state index contributed by atoms with van der Waals surface area (Å²) in [6.07, 6.45) is 3.33. The molecule has 31 heavy (non-hydrogen) atoms. The molecule has 1 fully saturated rings. The van der Waals surface area contributed by atoms with E-state index in [1.54, 1.807) is 12.1 Å². The quantitative estimate of drug-likeness (QED) is 0.326. The molecular formula is C21H22F4N4O2. The van der Waals surface area contributed by atoms with Crippen LogP contribution in [0.3, 0.4) is 0 Å². The first-order chi connectivity index (χ1) is 14.8. The molecule has 3 rings (SSSR count). The first-order valence-corrected chi connectivity index (χ1v) is 9.95. The van der Waals surface area contributed by atoms with Gasteiger partial charge in [-0.1, -0.05) is 13.3 Å². The minimum atomic E-state index is -2.01. The number of nitrogens with zero attached hydrogens (tertiary/aromatic N) is 3. The number of anilines is 1. The molecule has 0 saturated carbocycles. The maximum Gasteiger partial charge on any atom is 0.257 e. The third-order valence-electron chi connectivity index (χ3n) is 5.05. The average Bonchev–Trinajstić information content (AvgIpc) is 2.80. The maximum atomic E-state index is 13.9. The third kappa shape index (κ3) is 4.95. The number of unbranched alkanes of at least 4 members (excludes halogenated alkanes) is 1. The third-order valence-corrected chi connectivity index (χ3v) is 5.05. The molecule has 1 aliphatic heterocycles. The summed E-state index contributed by atoms with van der Waals surface area (Å²) < 4.78 is 53.9. The highest BCUT2D eigenvalue weighted by molar-refractivity contribution is 5.95. The number of nitrogens with one attached hydrogen (secondary N) is 1. The number of hydrogen-bond donors (Lipinski definition) is 1. The van der Waals surface area contributed by atoms with E-state index < -0.39 is 34.7 Å². The highest BCUT2D eigenvalue weighted by Gasteiger charge is 2.28. The van der Waals surface area contributed by atoms with Gasteiger partial charge in [-0.15, -0.1) is 0 Å². The van der Waals surface area contributed by atoms with Crippen LogP contribution in [-0.4, -0.2) is 54.4 Å². The summed E-state index contributed by atoms with van der Waals surface area (Å²) in [7, 11) is 0. The molecule has 2 amide bonds. The van der Waals surface area contributed by atoms with Crippen LogP contribution in [0.15, 0.2) is 24.4 Å². The molecule has 1 saturated heterocycles. The van der Waals surface area contributed by atoms with Crippen molar-refractivity contribution in [3.63, 3.8) is 0 Å². The van der Waals surface area contributed by atoms with E-state index in [1.807, 2.05) is 11.8 Å². The molecule has 0 bridgehead atoms. The number of rotatable bonds is 6. The van der Waals surface area contributed by atoms with E-state index in [0.717, 1.165) is 12.8 Å². The van der Waals surface area contributed by atoms with Crippen molar-refractivity contribution in [2.75, 3.05) is 37.6 Å². The normalized spacial score (nSPS) is 14.0. The monoisotopic (exact) mass is 438 g/mol. The van der Waals surface area contributed by atoms with Gasteiger partial charge < -0.3 is 15.1 Å². The number of benzene rings is 1. The molecule has 0 atom stereocenters. The molecule has 1 aromatic carbocycles. The van der Waals surface area contributed by atoms with Gasteiger partial charge in [0, 0.05) is 38.9 Å². The van der Waals surface area contributed by atoms with Crippen molar-refractivity contribution in [2.24, 2.45) is 0 Å². The first-order valence-electron chi connectivity index (χ1n) is 9.95. The fourth-order valence-corrected chi connectivity index (χ4v) is 3.23. The van der Waals surface area contributed by atoms with Crippen LogP contribution in [-0.2, 0) is 0 Å². The Morgan fingerprint density at radius 1 is 1.03 bits per heavy atom. The number of piperazine rings is 1. The van der Waals surface area contributed by atoms with Crippen molar-refractivity contribution >= 4 is 17.6 Å². The summed E-state index contributed by atoms with van der Waals surface area (Å²) in [5.41, 5.74) is -0.411. The summed E-state index contributed by atoms with van der Waals surface area (Å²) >= 11 is 0. The molecular weight excluding hydrogens is 416 g/mol. The Bertz CT molecular complexity index is 961. The number of carbonyl (C=O) groups is 2. The van der Waals surface area contributed by atoms with Gasteiger partial charge in [-0.05, 0) is 24.6 Å². The molecule has 1 aromatic heterocycles. The number of amides is 2. The lowest BCUT2D eigenvalue weighted by molar-refractivity contribution is 0.0739. The predicted octanol–water partition coefficient (Wildman–Crippen LogP) is 3.13. The van der Waals surface area contributed by atoms with Crippen molar-refractivity contribution in [3.05, 3.63) is 58.8 Å². The van der Waals surface area contributed by atoms with Crippen LogP contribution in [0.5, 0.6) is 0 Å². The highest BCUT2D eigenvalue weighted by atomic mass is 19.2. The largest absolute Gasteiger partial charge is 0.353 e. The zero-order valence-electron chi connectivity index (χ0n) is 16.9. The number of hydrogen-bond acceptors (Lipinski definition) is 4. The highest BCUT2D eigenvalue weighted by Crippen LogP contribution is 2.21. The predicted molar refractivity (Wildman–Crippen MR) is 106 cm³/mol. The maximum absolute atomic E-state index is 13.9.